The van der Waals surface area contributed by atoms with E-state index in [2.05, 4.69) is 11.5 Å². The van der Waals surface area contributed by atoms with Gasteiger partial charge >= 0.3 is 0 Å². The van der Waals surface area contributed by atoms with E-state index in [9.17, 15) is 4.79 Å². The maximum absolute atomic E-state index is 12.1. The molecule has 1 unspecified atom stereocenters. The second kappa shape index (κ2) is 6.58. The molecule has 0 aliphatic carbocycles. The van der Waals surface area contributed by atoms with Crippen LogP contribution in [0.5, 0.6) is 0 Å². The van der Waals surface area contributed by atoms with Crippen molar-refractivity contribution in [1.82, 2.24) is 4.57 Å². The van der Waals surface area contributed by atoms with Crippen LogP contribution in [0.4, 0.5) is 0 Å². The van der Waals surface area contributed by atoms with Crippen LogP contribution in [0.1, 0.15) is 47.4 Å². The van der Waals surface area contributed by atoms with Gasteiger partial charge in [-0.1, -0.05) is 0 Å². The molecule has 2 heterocycles. The van der Waals surface area contributed by atoms with Gasteiger partial charge in [-0.2, -0.15) is 0 Å². The smallest absolute Gasteiger partial charge is 0.164 e. The van der Waals surface area contributed by atoms with E-state index < -0.39 is 0 Å². The molecular weight excluding hydrogens is 262 g/mol. The number of alkyl halides is 1. The van der Waals surface area contributed by atoms with Gasteiger partial charge in [-0.3, -0.25) is 4.79 Å². The first-order valence-electron chi connectivity index (χ1n) is 7.01. The van der Waals surface area contributed by atoms with Crippen LogP contribution < -0.4 is 0 Å². The maximum atomic E-state index is 12.1. The maximum Gasteiger partial charge on any atom is 0.164 e. The minimum atomic E-state index is 0.201. The topological polar surface area (TPSA) is 31.2 Å². The van der Waals surface area contributed by atoms with Crippen LogP contribution in [-0.4, -0.2) is 28.9 Å². The van der Waals surface area contributed by atoms with E-state index in [-0.39, 0.29) is 5.78 Å². The molecule has 0 bridgehead atoms. The molecule has 0 spiro atoms. The summed E-state index contributed by atoms with van der Waals surface area (Å²) in [7, 11) is 0. The molecule has 0 amide bonds. The molecule has 3 nitrogen and oxygen atoms in total. The summed E-state index contributed by atoms with van der Waals surface area (Å²) in [5.74, 6) is 0.743. The normalized spacial score (nSPS) is 19.0. The van der Waals surface area contributed by atoms with Crippen LogP contribution in [0.15, 0.2) is 6.07 Å². The van der Waals surface area contributed by atoms with Crippen molar-refractivity contribution >= 4 is 17.4 Å². The first kappa shape index (κ1) is 14.6. The van der Waals surface area contributed by atoms with Crippen LogP contribution in [-0.2, 0) is 11.3 Å². The molecule has 4 heteroatoms. The molecule has 1 atom stereocenters. The highest BCUT2D eigenvalue weighted by molar-refractivity contribution is 6.18. The molecule has 2 rings (SSSR count). The Morgan fingerprint density at radius 2 is 2.32 bits per heavy atom. The van der Waals surface area contributed by atoms with Gasteiger partial charge in [-0.25, -0.2) is 0 Å². The third kappa shape index (κ3) is 3.40. The van der Waals surface area contributed by atoms with Gasteiger partial charge in [0.2, 0.25) is 0 Å². The molecule has 1 fully saturated rings. The molecule has 0 aromatic carbocycles. The Hall–Kier alpha value is -0.800. The number of carbonyl (C=O) groups is 1. The fourth-order valence-electron chi connectivity index (χ4n) is 2.72. The number of Topliss-reactive ketones (excluding diaryl/α,β-unsaturated/α-hetero) is 1. The van der Waals surface area contributed by atoms with Crippen molar-refractivity contribution in [2.24, 2.45) is 0 Å². The second-order valence-electron chi connectivity index (χ2n) is 5.25. The van der Waals surface area contributed by atoms with Gasteiger partial charge < -0.3 is 9.30 Å². The fraction of sp³-hybridized carbons (Fsp3) is 0.667. The monoisotopic (exact) mass is 283 g/mol. The largest absolute Gasteiger partial charge is 0.376 e. The quantitative estimate of drug-likeness (QED) is 0.591. The highest BCUT2D eigenvalue weighted by Crippen LogP contribution is 2.21. The number of halogens is 1. The minimum Gasteiger partial charge on any atom is -0.376 e. The van der Waals surface area contributed by atoms with Crippen molar-refractivity contribution in [3.8, 4) is 0 Å². The molecule has 0 N–H and O–H groups in total. The molecular formula is C15H22ClNO2. The molecule has 1 aliphatic heterocycles. The van der Waals surface area contributed by atoms with Gasteiger partial charge in [0.25, 0.3) is 0 Å². The summed E-state index contributed by atoms with van der Waals surface area (Å²) in [4.78, 5) is 12.1. The standard InChI is InChI=1S/C15H22ClNO2/c1-11-9-14(15(18)6-3-7-16)12(2)17(11)10-13-5-4-8-19-13/h9,13H,3-8,10H2,1-2H3. The number of aromatic nitrogens is 1. The summed E-state index contributed by atoms with van der Waals surface area (Å²) in [5, 5.41) is 0. The number of carbonyl (C=O) groups excluding carboxylic acids is 1. The molecule has 19 heavy (non-hydrogen) atoms. The minimum absolute atomic E-state index is 0.201. The second-order valence-corrected chi connectivity index (χ2v) is 5.62. The fourth-order valence-corrected chi connectivity index (χ4v) is 2.85. The average molecular weight is 284 g/mol. The Bertz CT molecular complexity index is 447. The lowest BCUT2D eigenvalue weighted by Gasteiger charge is -2.14. The number of nitrogens with zero attached hydrogens (tertiary/aromatic N) is 1. The third-order valence-electron chi connectivity index (χ3n) is 3.82. The zero-order valence-electron chi connectivity index (χ0n) is 11.7. The van der Waals surface area contributed by atoms with Gasteiger partial charge in [0.05, 0.1) is 6.10 Å². The number of hydrogen-bond acceptors (Lipinski definition) is 2. The van der Waals surface area contributed by atoms with Crippen molar-refractivity contribution < 1.29 is 9.53 Å². The predicted molar refractivity (Wildman–Crippen MR) is 77.2 cm³/mol. The molecule has 106 valence electrons. The number of rotatable bonds is 6. The van der Waals surface area contributed by atoms with E-state index in [1.54, 1.807) is 0 Å². The number of ether oxygens (including phenoxy) is 1. The van der Waals surface area contributed by atoms with Gasteiger partial charge in [0.1, 0.15) is 0 Å². The molecule has 1 aromatic rings. The van der Waals surface area contributed by atoms with Gasteiger partial charge in [-0.05, 0) is 39.2 Å². The SMILES string of the molecule is Cc1cc(C(=O)CCCCl)c(C)n1CC1CCCO1. The number of hydrogen-bond donors (Lipinski definition) is 0. The molecule has 0 saturated carbocycles. The lowest BCUT2D eigenvalue weighted by atomic mass is 10.1. The third-order valence-corrected chi connectivity index (χ3v) is 4.09. The van der Waals surface area contributed by atoms with E-state index in [1.165, 1.54) is 0 Å². The zero-order chi connectivity index (χ0) is 13.8. The highest BCUT2D eigenvalue weighted by atomic mass is 35.5. The van der Waals surface area contributed by atoms with Crippen molar-refractivity contribution in [1.29, 1.82) is 0 Å². The lowest BCUT2D eigenvalue weighted by molar-refractivity contribution is 0.0951. The van der Waals surface area contributed by atoms with Crippen LogP contribution in [0, 0.1) is 13.8 Å². The summed E-state index contributed by atoms with van der Waals surface area (Å²) in [6.07, 6.45) is 3.84. The van der Waals surface area contributed by atoms with E-state index in [1.807, 2.05) is 13.0 Å². The van der Waals surface area contributed by atoms with Gasteiger partial charge in [-0.15, -0.1) is 11.6 Å². The van der Waals surface area contributed by atoms with Gasteiger partial charge in [0.15, 0.2) is 5.78 Å². The van der Waals surface area contributed by atoms with Crippen LogP contribution in [0.2, 0.25) is 0 Å². The average Bonchev–Trinajstić information content (AvgIpc) is 2.99. The van der Waals surface area contributed by atoms with Crippen molar-refractivity contribution in [2.75, 3.05) is 12.5 Å². The Morgan fingerprint density at radius 1 is 1.53 bits per heavy atom. The molecule has 0 radical (unpaired) electrons. The summed E-state index contributed by atoms with van der Waals surface area (Å²) in [6, 6.07) is 2.00. The number of ketones is 1. The van der Waals surface area contributed by atoms with Crippen LogP contribution >= 0.6 is 11.6 Å². The zero-order valence-corrected chi connectivity index (χ0v) is 12.5. The summed E-state index contributed by atoms with van der Waals surface area (Å²) < 4.78 is 7.89. The summed E-state index contributed by atoms with van der Waals surface area (Å²) in [5.41, 5.74) is 3.05. The van der Waals surface area contributed by atoms with E-state index >= 15 is 0 Å². The van der Waals surface area contributed by atoms with Crippen molar-refractivity contribution in [3.05, 3.63) is 23.0 Å². The van der Waals surface area contributed by atoms with Crippen molar-refractivity contribution in [2.45, 2.75) is 52.2 Å². The molecule has 1 aliphatic rings. The van der Waals surface area contributed by atoms with E-state index in [4.69, 9.17) is 16.3 Å². The Kier molecular flexibility index (Phi) is 5.06. The first-order chi connectivity index (χ1) is 9.13. The predicted octanol–water partition coefficient (Wildman–Crippen LogP) is 3.49. The first-order valence-corrected chi connectivity index (χ1v) is 7.54. The molecule has 1 saturated heterocycles. The van der Waals surface area contributed by atoms with E-state index in [0.717, 1.165) is 49.4 Å². The van der Waals surface area contributed by atoms with Crippen LogP contribution in [0.25, 0.3) is 0 Å². The Morgan fingerprint density at radius 3 is 2.95 bits per heavy atom. The lowest BCUT2D eigenvalue weighted by Crippen LogP contribution is -2.17. The number of aryl methyl sites for hydroxylation is 1. The van der Waals surface area contributed by atoms with Gasteiger partial charge in [0, 0.05) is 42.4 Å². The summed E-state index contributed by atoms with van der Waals surface area (Å²) >= 11 is 5.65. The summed E-state index contributed by atoms with van der Waals surface area (Å²) in [6.45, 7) is 5.81. The van der Waals surface area contributed by atoms with Crippen molar-refractivity contribution in [3.63, 3.8) is 0 Å². The molecule has 1 aromatic heterocycles. The van der Waals surface area contributed by atoms with E-state index in [0.29, 0.717) is 18.4 Å². The Balaban J connectivity index is 2.11. The highest BCUT2D eigenvalue weighted by Gasteiger charge is 2.20. The van der Waals surface area contributed by atoms with Crippen LogP contribution in [0.3, 0.4) is 0 Å². The Labute approximate surface area is 119 Å².